The van der Waals surface area contributed by atoms with E-state index < -0.39 is 11.7 Å². The molecule has 0 heterocycles. The highest BCUT2D eigenvalue weighted by atomic mass is 79.9. The molecule has 0 aliphatic rings. The molecule has 1 atom stereocenters. The SMILES string of the molecule is CC(Nc1ccc(C(F)(F)F)cc1)c1ccc(F)cc1Br. The zero-order chi connectivity index (χ0) is 15.6. The van der Waals surface area contributed by atoms with E-state index in [0.717, 1.165) is 17.7 Å². The third kappa shape index (κ3) is 3.97. The maximum atomic E-state index is 13.0. The predicted molar refractivity (Wildman–Crippen MR) is 77.6 cm³/mol. The fourth-order valence-corrected chi connectivity index (χ4v) is 2.63. The van der Waals surface area contributed by atoms with E-state index in [9.17, 15) is 17.6 Å². The molecule has 21 heavy (non-hydrogen) atoms. The number of nitrogens with one attached hydrogen (secondary N) is 1. The molecule has 0 saturated heterocycles. The average Bonchev–Trinajstić information content (AvgIpc) is 2.38. The van der Waals surface area contributed by atoms with Gasteiger partial charge in [0, 0.05) is 16.2 Å². The zero-order valence-corrected chi connectivity index (χ0v) is 12.6. The molecule has 0 bridgehead atoms. The summed E-state index contributed by atoms with van der Waals surface area (Å²) in [6, 6.07) is 8.92. The molecule has 2 aromatic rings. The van der Waals surface area contributed by atoms with Crippen LogP contribution in [0, 0.1) is 5.82 Å². The molecule has 0 spiro atoms. The minimum atomic E-state index is -4.34. The van der Waals surface area contributed by atoms with E-state index in [2.05, 4.69) is 21.2 Å². The van der Waals surface area contributed by atoms with Gasteiger partial charge in [-0.05, 0) is 48.9 Å². The van der Waals surface area contributed by atoms with E-state index in [1.54, 1.807) is 6.07 Å². The Bertz CT molecular complexity index is 623. The van der Waals surface area contributed by atoms with E-state index >= 15 is 0 Å². The Morgan fingerprint density at radius 3 is 2.19 bits per heavy atom. The lowest BCUT2D eigenvalue weighted by atomic mass is 10.1. The largest absolute Gasteiger partial charge is 0.416 e. The summed E-state index contributed by atoms with van der Waals surface area (Å²) >= 11 is 3.27. The maximum Gasteiger partial charge on any atom is 0.416 e. The number of hydrogen-bond donors (Lipinski definition) is 1. The molecule has 0 radical (unpaired) electrons. The molecule has 1 nitrogen and oxygen atoms in total. The van der Waals surface area contributed by atoms with Crippen LogP contribution in [0.5, 0.6) is 0 Å². The first-order valence-electron chi connectivity index (χ1n) is 6.16. The van der Waals surface area contributed by atoms with Crippen molar-refractivity contribution in [1.29, 1.82) is 0 Å². The van der Waals surface area contributed by atoms with Crippen molar-refractivity contribution in [3.8, 4) is 0 Å². The van der Waals surface area contributed by atoms with Crippen molar-refractivity contribution in [3.63, 3.8) is 0 Å². The van der Waals surface area contributed by atoms with Crippen LogP contribution in [0.1, 0.15) is 24.1 Å². The van der Waals surface area contributed by atoms with Crippen LogP contribution in [0.3, 0.4) is 0 Å². The van der Waals surface area contributed by atoms with Gasteiger partial charge in [0.25, 0.3) is 0 Å². The van der Waals surface area contributed by atoms with Crippen molar-refractivity contribution < 1.29 is 17.6 Å². The molecule has 0 fully saturated rings. The second-order valence-corrected chi connectivity index (χ2v) is 5.46. The van der Waals surface area contributed by atoms with E-state index in [4.69, 9.17) is 0 Å². The lowest BCUT2D eigenvalue weighted by molar-refractivity contribution is -0.137. The zero-order valence-electron chi connectivity index (χ0n) is 11.0. The molecule has 2 rings (SSSR count). The number of anilines is 1. The van der Waals surface area contributed by atoms with Gasteiger partial charge in [-0.2, -0.15) is 13.2 Å². The Hall–Kier alpha value is -1.56. The Balaban J connectivity index is 2.14. The molecule has 1 unspecified atom stereocenters. The van der Waals surface area contributed by atoms with E-state index in [1.165, 1.54) is 24.3 Å². The summed E-state index contributed by atoms with van der Waals surface area (Å²) in [4.78, 5) is 0. The van der Waals surface area contributed by atoms with Gasteiger partial charge in [-0.3, -0.25) is 0 Å². The van der Waals surface area contributed by atoms with Gasteiger partial charge in [-0.1, -0.05) is 22.0 Å². The van der Waals surface area contributed by atoms with Crippen molar-refractivity contribution >= 4 is 21.6 Å². The van der Waals surface area contributed by atoms with Crippen LogP contribution in [-0.4, -0.2) is 0 Å². The summed E-state index contributed by atoms with van der Waals surface area (Å²) in [7, 11) is 0. The highest BCUT2D eigenvalue weighted by molar-refractivity contribution is 9.10. The summed E-state index contributed by atoms with van der Waals surface area (Å²) in [6.07, 6.45) is -4.34. The van der Waals surface area contributed by atoms with Gasteiger partial charge >= 0.3 is 6.18 Å². The number of halogens is 5. The van der Waals surface area contributed by atoms with Crippen LogP contribution >= 0.6 is 15.9 Å². The van der Waals surface area contributed by atoms with Crippen molar-refractivity contribution in [2.45, 2.75) is 19.1 Å². The van der Waals surface area contributed by atoms with Crippen molar-refractivity contribution in [2.24, 2.45) is 0 Å². The maximum absolute atomic E-state index is 13.0. The first kappa shape index (κ1) is 15.8. The quantitative estimate of drug-likeness (QED) is 0.683. The van der Waals surface area contributed by atoms with Gasteiger partial charge in [0.1, 0.15) is 5.82 Å². The van der Waals surface area contributed by atoms with Gasteiger partial charge < -0.3 is 5.32 Å². The third-order valence-corrected chi connectivity index (χ3v) is 3.71. The van der Waals surface area contributed by atoms with Crippen molar-refractivity contribution in [3.05, 3.63) is 63.9 Å². The van der Waals surface area contributed by atoms with Gasteiger partial charge in [0.2, 0.25) is 0 Å². The minimum Gasteiger partial charge on any atom is -0.378 e. The Labute approximate surface area is 128 Å². The lowest BCUT2D eigenvalue weighted by Crippen LogP contribution is -2.09. The molecular formula is C15H12BrF4N. The summed E-state index contributed by atoms with van der Waals surface area (Å²) in [6.45, 7) is 1.84. The van der Waals surface area contributed by atoms with Crippen LogP contribution in [0.15, 0.2) is 46.9 Å². The smallest absolute Gasteiger partial charge is 0.378 e. The highest BCUT2D eigenvalue weighted by Gasteiger charge is 2.29. The molecule has 112 valence electrons. The van der Waals surface area contributed by atoms with Gasteiger partial charge in [-0.15, -0.1) is 0 Å². The summed E-state index contributed by atoms with van der Waals surface area (Å²) in [5, 5.41) is 3.08. The predicted octanol–water partition coefficient (Wildman–Crippen LogP) is 5.78. The van der Waals surface area contributed by atoms with Gasteiger partial charge in [0.05, 0.1) is 5.56 Å². The van der Waals surface area contributed by atoms with Crippen molar-refractivity contribution in [2.75, 3.05) is 5.32 Å². The van der Waals surface area contributed by atoms with E-state index in [-0.39, 0.29) is 11.9 Å². The molecular weight excluding hydrogens is 350 g/mol. The summed E-state index contributed by atoms with van der Waals surface area (Å²) < 4.78 is 51.1. The molecule has 2 aromatic carbocycles. The normalized spacial score (nSPS) is 13.0. The molecule has 1 N–H and O–H groups in total. The van der Waals surface area contributed by atoms with Crippen LogP contribution in [0.25, 0.3) is 0 Å². The third-order valence-electron chi connectivity index (χ3n) is 3.02. The minimum absolute atomic E-state index is 0.184. The monoisotopic (exact) mass is 361 g/mol. The summed E-state index contributed by atoms with van der Waals surface area (Å²) in [5.74, 6) is -0.354. The fraction of sp³-hybridized carbons (Fsp3) is 0.200. The number of alkyl halides is 3. The van der Waals surface area contributed by atoms with Crippen LogP contribution in [0.2, 0.25) is 0 Å². The molecule has 0 amide bonds. The standard InChI is InChI=1S/C15H12BrF4N/c1-9(13-7-4-11(17)8-14(13)16)21-12-5-2-10(3-6-12)15(18,19)20/h2-9,21H,1H3. The topological polar surface area (TPSA) is 12.0 Å². The first-order chi connectivity index (χ1) is 9.77. The number of rotatable bonds is 3. The van der Waals surface area contributed by atoms with Crippen LogP contribution in [-0.2, 0) is 6.18 Å². The number of benzene rings is 2. The molecule has 0 aromatic heterocycles. The van der Waals surface area contributed by atoms with Crippen LogP contribution < -0.4 is 5.32 Å². The summed E-state index contributed by atoms with van der Waals surface area (Å²) in [5.41, 5.74) is 0.687. The Kier molecular flexibility index (Phi) is 4.56. The molecule has 0 aliphatic heterocycles. The van der Waals surface area contributed by atoms with Crippen LogP contribution in [0.4, 0.5) is 23.2 Å². The van der Waals surface area contributed by atoms with Gasteiger partial charge in [0.15, 0.2) is 0 Å². The molecule has 0 saturated carbocycles. The Morgan fingerprint density at radius 2 is 1.67 bits per heavy atom. The first-order valence-corrected chi connectivity index (χ1v) is 6.95. The molecule has 0 aliphatic carbocycles. The van der Waals surface area contributed by atoms with Crippen molar-refractivity contribution in [1.82, 2.24) is 0 Å². The second-order valence-electron chi connectivity index (χ2n) is 4.61. The fourth-order valence-electron chi connectivity index (χ4n) is 1.94. The molecule has 6 heteroatoms. The van der Waals surface area contributed by atoms with E-state index in [0.29, 0.717) is 10.2 Å². The van der Waals surface area contributed by atoms with E-state index in [1.807, 2.05) is 6.92 Å². The average molecular weight is 362 g/mol. The Morgan fingerprint density at radius 1 is 1.05 bits per heavy atom. The highest BCUT2D eigenvalue weighted by Crippen LogP contribution is 2.31. The van der Waals surface area contributed by atoms with Gasteiger partial charge in [-0.25, -0.2) is 4.39 Å². The number of hydrogen-bond acceptors (Lipinski definition) is 1. The lowest BCUT2D eigenvalue weighted by Gasteiger charge is -2.17. The second kappa shape index (κ2) is 6.05.